The molecule has 0 spiro atoms. The van der Waals surface area contributed by atoms with Gasteiger partial charge in [0, 0.05) is 30.2 Å². The van der Waals surface area contributed by atoms with Crippen molar-refractivity contribution in [3.05, 3.63) is 105 Å². The molecule has 0 aliphatic carbocycles. The zero-order valence-corrected chi connectivity index (χ0v) is 18.6. The van der Waals surface area contributed by atoms with Crippen LogP contribution in [0.5, 0.6) is 0 Å². The van der Waals surface area contributed by atoms with E-state index in [1.165, 1.54) is 0 Å². The molecule has 1 amide bonds. The molecular formula is C24H24N6O3. The summed E-state index contributed by atoms with van der Waals surface area (Å²) in [6.07, 6.45) is 3.71. The molecule has 9 heteroatoms. The lowest BCUT2D eigenvalue weighted by Crippen LogP contribution is -2.12. The van der Waals surface area contributed by atoms with Crippen LogP contribution in [0.2, 0.25) is 0 Å². The molecule has 33 heavy (non-hydrogen) atoms. The Kier molecular flexibility index (Phi) is 6.03. The molecule has 0 atom stereocenters. The first-order chi connectivity index (χ1) is 15.8. The van der Waals surface area contributed by atoms with E-state index in [-0.39, 0.29) is 11.6 Å². The van der Waals surface area contributed by atoms with Crippen molar-refractivity contribution < 1.29 is 9.72 Å². The van der Waals surface area contributed by atoms with Crippen molar-refractivity contribution in [2.75, 3.05) is 5.32 Å². The summed E-state index contributed by atoms with van der Waals surface area (Å²) in [6, 6.07) is 14.8. The van der Waals surface area contributed by atoms with Crippen molar-refractivity contribution in [1.82, 2.24) is 19.3 Å². The Morgan fingerprint density at radius 2 is 1.64 bits per heavy atom. The molecule has 0 unspecified atom stereocenters. The summed E-state index contributed by atoms with van der Waals surface area (Å²) in [4.78, 5) is 27.6. The van der Waals surface area contributed by atoms with E-state index in [0.717, 1.165) is 23.5 Å². The zero-order valence-electron chi connectivity index (χ0n) is 18.6. The van der Waals surface area contributed by atoms with E-state index in [0.29, 0.717) is 29.2 Å². The number of nitrogens with zero attached hydrogens (tertiary/aromatic N) is 5. The van der Waals surface area contributed by atoms with E-state index in [9.17, 15) is 14.9 Å². The van der Waals surface area contributed by atoms with Gasteiger partial charge in [-0.2, -0.15) is 5.10 Å². The number of benzene rings is 2. The molecule has 2 aromatic carbocycles. The molecule has 0 radical (unpaired) electrons. The lowest BCUT2D eigenvalue weighted by atomic mass is 10.1. The van der Waals surface area contributed by atoms with Crippen LogP contribution in [0, 0.1) is 30.9 Å². The van der Waals surface area contributed by atoms with Gasteiger partial charge in [-0.3, -0.25) is 19.6 Å². The Bertz CT molecular complexity index is 1300. The Morgan fingerprint density at radius 1 is 1.00 bits per heavy atom. The molecule has 4 rings (SSSR count). The standard InChI is InChI=1S/C24H24N6O3/c1-16-23(30(32)33)17(2)29(27-16)15-20-4-8-21(9-5-20)24(31)26-22-10-6-19(7-11-22)14-28-13-12-25-18(28)3/h4-13H,14-15H2,1-3H3,(H,26,31). The molecule has 0 saturated carbocycles. The van der Waals surface area contributed by atoms with E-state index in [2.05, 4.69) is 20.0 Å². The minimum absolute atomic E-state index is 0.0391. The Morgan fingerprint density at radius 3 is 2.21 bits per heavy atom. The second-order valence-electron chi connectivity index (χ2n) is 7.88. The van der Waals surface area contributed by atoms with Crippen LogP contribution >= 0.6 is 0 Å². The normalized spacial score (nSPS) is 10.9. The average Bonchev–Trinajstić information content (AvgIpc) is 3.31. The molecule has 2 aromatic heterocycles. The van der Waals surface area contributed by atoms with Crippen LogP contribution < -0.4 is 5.32 Å². The largest absolute Gasteiger partial charge is 0.331 e. The highest BCUT2D eigenvalue weighted by Gasteiger charge is 2.21. The molecule has 168 valence electrons. The highest BCUT2D eigenvalue weighted by Crippen LogP contribution is 2.22. The molecule has 0 aliphatic heterocycles. The summed E-state index contributed by atoms with van der Waals surface area (Å²) < 4.78 is 3.66. The van der Waals surface area contributed by atoms with Gasteiger partial charge < -0.3 is 9.88 Å². The van der Waals surface area contributed by atoms with Gasteiger partial charge in [0.2, 0.25) is 0 Å². The number of hydrogen-bond donors (Lipinski definition) is 1. The SMILES string of the molecule is Cc1nn(Cc2ccc(C(=O)Nc3ccc(Cn4ccnc4C)cc3)cc2)c(C)c1[N+](=O)[O-]. The van der Waals surface area contributed by atoms with Crippen LogP contribution in [0.3, 0.4) is 0 Å². The molecule has 0 saturated heterocycles. The van der Waals surface area contributed by atoms with Crippen molar-refractivity contribution in [2.24, 2.45) is 0 Å². The number of nitrogens with one attached hydrogen (secondary N) is 1. The fraction of sp³-hybridized carbons (Fsp3) is 0.208. The Hall–Kier alpha value is -4.27. The lowest BCUT2D eigenvalue weighted by Gasteiger charge is -2.09. The summed E-state index contributed by atoms with van der Waals surface area (Å²) in [7, 11) is 0. The van der Waals surface area contributed by atoms with E-state index in [1.54, 1.807) is 36.9 Å². The van der Waals surface area contributed by atoms with Crippen LogP contribution in [0.1, 0.15) is 38.7 Å². The maximum absolute atomic E-state index is 12.6. The first-order valence-electron chi connectivity index (χ1n) is 10.5. The van der Waals surface area contributed by atoms with Gasteiger partial charge in [0.15, 0.2) is 0 Å². The second-order valence-corrected chi connectivity index (χ2v) is 7.88. The van der Waals surface area contributed by atoms with Crippen LogP contribution in [0.25, 0.3) is 0 Å². The minimum atomic E-state index is -0.410. The smallest absolute Gasteiger partial charge is 0.312 e. The number of aromatic nitrogens is 4. The summed E-state index contributed by atoms with van der Waals surface area (Å²) in [5.74, 6) is 0.744. The predicted octanol–water partition coefficient (Wildman–Crippen LogP) is 4.26. The number of aryl methyl sites for hydroxylation is 2. The quantitative estimate of drug-likeness (QED) is 0.338. The number of anilines is 1. The van der Waals surface area contributed by atoms with Gasteiger partial charge >= 0.3 is 5.69 Å². The van der Waals surface area contributed by atoms with Gasteiger partial charge in [-0.1, -0.05) is 24.3 Å². The lowest BCUT2D eigenvalue weighted by molar-refractivity contribution is -0.386. The van der Waals surface area contributed by atoms with Gasteiger partial charge in [-0.05, 0) is 56.2 Å². The highest BCUT2D eigenvalue weighted by molar-refractivity contribution is 6.04. The van der Waals surface area contributed by atoms with Crippen molar-refractivity contribution in [2.45, 2.75) is 33.9 Å². The molecule has 0 aliphatic rings. The van der Waals surface area contributed by atoms with Gasteiger partial charge in [-0.25, -0.2) is 4.98 Å². The third-order valence-corrected chi connectivity index (χ3v) is 5.56. The monoisotopic (exact) mass is 444 g/mol. The minimum Gasteiger partial charge on any atom is -0.331 e. The van der Waals surface area contributed by atoms with Crippen LogP contribution in [0.15, 0.2) is 60.9 Å². The molecular weight excluding hydrogens is 420 g/mol. The molecule has 0 bridgehead atoms. The number of amides is 1. The number of hydrogen-bond acceptors (Lipinski definition) is 5. The molecule has 0 fully saturated rings. The van der Waals surface area contributed by atoms with Crippen LogP contribution in [-0.2, 0) is 13.1 Å². The average molecular weight is 444 g/mol. The van der Waals surface area contributed by atoms with Gasteiger partial charge in [-0.15, -0.1) is 0 Å². The summed E-state index contributed by atoms with van der Waals surface area (Å²) >= 11 is 0. The predicted molar refractivity (Wildman–Crippen MR) is 124 cm³/mol. The molecule has 4 aromatic rings. The molecule has 1 N–H and O–H groups in total. The van der Waals surface area contributed by atoms with Crippen molar-refractivity contribution in [3.63, 3.8) is 0 Å². The van der Waals surface area contributed by atoms with Crippen LogP contribution in [-0.4, -0.2) is 30.2 Å². The molecule has 2 heterocycles. The fourth-order valence-corrected chi connectivity index (χ4v) is 3.70. The summed E-state index contributed by atoms with van der Waals surface area (Å²) in [5.41, 5.74) is 4.18. The summed E-state index contributed by atoms with van der Waals surface area (Å²) in [6.45, 7) is 6.38. The Labute approximate surface area is 190 Å². The van der Waals surface area contributed by atoms with Gasteiger partial charge in [0.1, 0.15) is 17.2 Å². The first kappa shape index (κ1) is 21.9. The number of imidazole rings is 1. The van der Waals surface area contributed by atoms with E-state index in [1.807, 2.05) is 49.5 Å². The topological polar surface area (TPSA) is 108 Å². The van der Waals surface area contributed by atoms with Gasteiger partial charge in [0.05, 0.1) is 11.5 Å². The number of carbonyl (C=O) groups excluding carboxylic acids is 1. The van der Waals surface area contributed by atoms with E-state index < -0.39 is 4.92 Å². The second kappa shape index (κ2) is 9.07. The van der Waals surface area contributed by atoms with E-state index in [4.69, 9.17) is 0 Å². The van der Waals surface area contributed by atoms with E-state index >= 15 is 0 Å². The first-order valence-corrected chi connectivity index (χ1v) is 10.5. The molecule has 9 nitrogen and oxygen atoms in total. The maximum Gasteiger partial charge on any atom is 0.312 e. The van der Waals surface area contributed by atoms with Crippen molar-refractivity contribution in [3.8, 4) is 0 Å². The van der Waals surface area contributed by atoms with Crippen molar-refractivity contribution in [1.29, 1.82) is 0 Å². The maximum atomic E-state index is 12.6. The van der Waals surface area contributed by atoms with Gasteiger partial charge in [0.25, 0.3) is 5.91 Å². The van der Waals surface area contributed by atoms with Crippen molar-refractivity contribution >= 4 is 17.3 Å². The highest BCUT2D eigenvalue weighted by atomic mass is 16.6. The number of rotatable bonds is 7. The summed E-state index contributed by atoms with van der Waals surface area (Å²) in [5, 5.41) is 18.4. The number of nitro groups is 1. The fourth-order valence-electron chi connectivity index (χ4n) is 3.70. The van der Waals surface area contributed by atoms with Crippen LogP contribution in [0.4, 0.5) is 11.4 Å². The zero-order chi connectivity index (χ0) is 23.5. The third kappa shape index (κ3) is 4.82. The Balaban J connectivity index is 1.39. The number of carbonyl (C=O) groups is 1. The third-order valence-electron chi connectivity index (χ3n) is 5.56.